The van der Waals surface area contributed by atoms with Crippen molar-refractivity contribution >= 4 is 0 Å². The van der Waals surface area contributed by atoms with Crippen LogP contribution < -0.4 is 5.32 Å². The van der Waals surface area contributed by atoms with Gasteiger partial charge in [-0.2, -0.15) is 0 Å². The molecule has 0 amide bonds. The average molecular weight is 397 g/mol. The van der Waals surface area contributed by atoms with Crippen molar-refractivity contribution in [3.8, 4) is 0 Å². The zero-order valence-electron chi connectivity index (χ0n) is 18.1. The van der Waals surface area contributed by atoms with Crippen LogP contribution in [0.3, 0.4) is 0 Å². The third-order valence-corrected chi connectivity index (χ3v) is 6.20. The summed E-state index contributed by atoms with van der Waals surface area (Å²) in [5.41, 5.74) is 12.9. The van der Waals surface area contributed by atoms with E-state index < -0.39 is 0 Å². The Bertz CT molecular complexity index is 981. The maximum atomic E-state index is 4.37. The van der Waals surface area contributed by atoms with Gasteiger partial charge in [-0.15, -0.1) is 5.73 Å². The van der Waals surface area contributed by atoms with Crippen LogP contribution in [0.1, 0.15) is 50.5 Å². The Labute approximate surface area is 181 Å². The van der Waals surface area contributed by atoms with E-state index in [9.17, 15) is 0 Å². The van der Waals surface area contributed by atoms with E-state index in [1.54, 1.807) is 0 Å². The molecule has 1 aromatic carbocycles. The molecule has 0 spiro atoms. The van der Waals surface area contributed by atoms with Crippen molar-refractivity contribution in [3.63, 3.8) is 0 Å². The highest BCUT2D eigenvalue weighted by molar-refractivity contribution is 5.51. The summed E-state index contributed by atoms with van der Waals surface area (Å²) in [5, 5.41) is 3.57. The molecule has 4 rings (SSSR count). The molecule has 2 heteroatoms. The van der Waals surface area contributed by atoms with E-state index in [4.69, 9.17) is 0 Å². The Kier molecular flexibility index (Phi) is 6.38. The van der Waals surface area contributed by atoms with Crippen LogP contribution in [0.2, 0.25) is 0 Å². The average Bonchev–Trinajstić information content (AvgIpc) is 3.11. The predicted molar refractivity (Wildman–Crippen MR) is 127 cm³/mol. The lowest BCUT2D eigenvalue weighted by Gasteiger charge is -2.34. The number of allylic oxidation sites excluding steroid dienone is 6. The normalized spacial score (nSPS) is 23.3. The summed E-state index contributed by atoms with van der Waals surface area (Å²) in [6, 6.07) is 10.9. The number of nitrogens with zero attached hydrogens (tertiary/aromatic N) is 1. The molecule has 0 aromatic heterocycles. The van der Waals surface area contributed by atoms with Crippen LogP contribution in [0.4, 0.5) is 0 Å². The monoisotopic (exact) mass is 396 g/mol. The molecule has 3 aliphatic rings. The molecule has 1 aliphatic carbocycles. The summed E-state index contributed by atoms with van der Waals surface area (Å²) in [5.74, 6) is 0.477. The van der Waals surface area contributed by atoms with E-state index in [1.807, 2.05) is 6.08 Å². The summed E-state index contributed by atoms with van der Waals surface area (Å²) < 4.78 is 0. The van der Waals surface area contributed by atoms with Crippen LogP contribution in [-0.4, -0.2) is 18.0 Å². The second-order valence-corrected chi connectivity index (χ2v) is 8.32. The van der Waals surface area contributed by atoms with Crippen LogP contribution in [0, 0.1) is 0 Å². The topological polar surface area (TPSA) is 15.3 Å². The minimum atomic E-state index is 0.477. The van der Waals surface area contributed by atoms with Crippen LogP contribution in [0.5, 0.6) is 0 Å². The Hall–Kier alpha value is -2.80. The van der Waals surface area contributed by atoms with Crippen molar-refractivity contribution < 1.29 is 0 Å². The first-order valence-electron chi connectivity index (χ1n) is 11.1. The number of benzene rings is 1. The molecule has 0 saturated carbocycles. The zero-order valence-corrected chi connectivity index (χ0v) is 18.1. The molecule has 2 nitrogen and oxygen atoms in total. The molecule has 1 unspecified atom stereocenters. The Balaban J connectivity index is 1.89. The lowest BCUT2D eigenvalue weighted by molar-refractivity contribution is 0.513. The standard InChI is InChI=1S/C28H32N2/c1-4-9-26-13-8-12-23-16-18-29-19-17-27(23)28(30(26)21(2)3)25-15-14-24(20-25)22-10-6-5-7-11-22/h4-11,20,24,29H,1-2,13-19H2,3H3. The minimum absolute atomic E-state index is 0.477. The van der Waals surface area contributed by atoms with Gasteiger partial charge in [0.05, 0.1) is 5.70 Å². The molecule has 1 fully saturated rings. The molecule has 1 atom stereocenters. The minimum Gasteiger partial charge on any atom is -0.318 e. The summed E-state index contributed by atoms with van der Waals surface area (Å²) >= 11 is 0. The van der Waals surface area contributed by atoms with Crippen LogP contribution in [0.25, 0.3) is 0 Å². The number of fused-ring (bicyclic) bond motifs is 1. The van der Waals surface area contributed by atoms with E-state index in [-0.39, 0.29) is 0 Å². The fourth-order valence-electron chi connectivity index (χ4n) is 4.86. The lowest BCUT2D eigenvalue weighted by atomic mass is 9.92. The maximum absolute atomic E-state index is 4.37. The van der Waals surface area contributed by atoms with E-state index in [1.165, 1.54) is 33.7 Å². The van der Waals surface area contributed by atoms with E-state index >= 15 is 0 Å². The summed E-state index contributed by atoms with van der Waals surface area (Å²) in [7, 11) is 0. The lowest BCUT2D eigenvalue weighted by Crippen LogP contribution is -2.24. The van der Waals surface area contributed by atoms with Crippen molar-refractivity contribution in [2.45, 2.75) is 44.9 Å². The maximum Gasteiger partial charge on any atom is 0.0525 e. The van der Waals surface area contributed by atoms with E-state index in [2.05, 4.69) is 84.6 Å². The highest BCUT2D eigenvalue weighted by atomic mass is 15.2. The molecule has 1 aromatic rings. The molecule has 0 radical (unpaired) electrons. The third kappa shape index (κ3) is 4.21. The van der Waals surface area contributed by atoms with Gasteiger partial charge in [-0.3, -0.25) is 0 Å². The summed E-state index contributed by atoms with van der Waals surface area (Å²) in [4.78, 5) is 2.39. The van der Waals surface area contributed by atoms with Gasteiger partial charge in [0.15, 0.2) is 0 Å². The van der Waals surface area contributed by atoms with Crippen LogP contribution in [-0.2, 0) is 0 Å². The molecule has 154 valence electrons. The van der Waals surface area contributed by atoms with Gasteiger partial charge >= 0.3 is 0 Å². The van der Waals surface area contributed by atoms with Gasteiger partial charge in [-0.1, -0.05) is 55.6 Å². The first kappa shape index (κ1) is 20.5. The van der Waals surface area contributed by atoms with Gasteiger partial charge in [-0.05, 0) is 74.6 Å². The smallest absolute Gasteiger partial charge is 0.0525 e. The summed E-state index contributed by atoms with van der Waals surface area (Å²) in [6.07, 6.45) is 13.8. The van der Waals surface area contributed by atoms with Gasteiger partial charge in [0.25, 0.3) is 0 Å². The molecular weight excluding hydrogens is 364 g/mol. The van der Waals surface area contributed by atoms with Gasteiger partial charge in [0.2, 0.25) is 0 Å². The fourth-order valence-corrected chi connectivity index (χ4v) is 4.86. The SMILES string of the molecule is C=CC=C1CC=C=C2CCNCCC2=C(C2=CC(c3ccccc3)CC2)N1C(=C)C. The number of nitrogens with one attached hydrogen (secondary N) is 1. The zero-order chi connectivity index (χ0) is 20.9. The first-order chi connectivity index (χ1) is 14.7. The third-order valence-electron chi connectivity index (χ3n) is 6.20. The number of rotatable bonds is 4. The summed E-state index contributed by atoms with van der Waals surface area (Å²) in [6.45, 7) is 12.5. The van der Waals surface area contributed by atoms with Gasteiger partial charge < -0.3 is 10.2 Å². The Morgan fingerprint density at radius 3 is 2.73 bits per heavy atom. The quantitative estimate of drug-likeness (QED) is 0.583. The first-order valence-corrected chi connectivity index (χ1v) is 11.1. The number of hydrogen-bond acceptors (Lipinski definition) is 2. The molecule has 2 heterocycles. The van der Waals surface area contributed by atoms with Crippen molar-refractivity contribution in [2.75, 3.05) is 13.1 Å². The van der Waals surface area contributed by atoms with Crippen molar-refractivity contribution in [3.05, 3.63) is 113 Å². The largest absolute Gasteiger partial charge is 0.318 e. The van der Waals surface area contributed by atoms with Gasteiger partial charge in [0, 0.05) is 29.3 Å². The molecule has 0 bridgehead atoms. The highest BCUT2D eigenvalue weighted by Gasteiger charge is 2.29. The van der Waals surface area contributed by atoms with Gasteiger partial charge in [-0.25, -0.2) is 0 Å². The Morgan fingerprint density at radius 1 is 1.17 bits per heavy atom. The molecule has 1 N–H and O–H groups in total. The van der Waals surface area contributed by atoms with Crippen molar-refractivity contribution in [1.82, 2.24) is 10.2 Å². The van der Waals surface area contributed by atoms with Crippen LogP contribution >= 0.6 is 0 Å². The fraction of sp³-hybridized carbons (Fsp3) is 0.321. The van der Waals surface area contributed by atoms with E-state index in [0.717, 1.165) is 50.9 Å². The molecule has 2 aliphatic heterocycles. The molecule has 1 saturated heterocycles. The van der Waals surface area contributed by atoms with Gasteiger partial charge in [0.1, 0.15) is 0 Å². The van der Waals surface area contributed by atoms with Crippen molar-refractivity contribution in [1.29, 1.82) is 0 Å². The van der Waals surface area contributed by atoms with E-state index in [0.29, 0.717) is 5.92 Å². The second kappa shape index (κ2) is 9.34. The Morgan fingerprint density at radius 2 is 1.97 bits per heavy atom. The molecule has 30 heavy (non-hydrogen) atoms. The predicted octanol–water partition coefficient (Wildman–Crippen LogP) is 6.52. The van der Waals surface area contributed by atoms with Crippen molar-refractivity contribution in [2.24, 2.45) is 0 Å². The van der Waals surface area contributed by atoms with Crippen LogP contribution in [0.15, 0.2) is 107 Å². The second-order valence-electron chi connectivity index (χ2n) is 8.32. The highest BCUT2D eigenvalue weighted by Crippen LogP contribution is 2.43. The number of hydrogen-bond donors (Lipinski definition) is 1. The molecular formula is C28H32N2.